The van der Waals surface area contributed by atoms with E-state index in [1.165, 1.54) is 16.7 Å². The molecule has 0 saturated carbocycles. The van der Waals surface area contributed by atoms with Crippen molar-refractivity contribution in [3.63, 3.8) is 0 Å². The van der Waals surface area contributed by atoms with Gasteiger partial charge in [0.15, 0.2) is 0 Å². The molecule has 22 heavy (non-hydrogen) atoms. The lowest BCUT2D eigenvalue weighted by Gasteiger charge is -2.23. The fourth-order valence-corrected chi connectivity index (χ4v) is 3.35. The van der Waals surface area contributed by atoms with E-state index in [1.54, 1.807) is 0 Å². The number of hydrogen-bond donors (Lipinski definition) is 3. The van der Waals surface area contributed by atoms with Crippen LogP contribution in [0, 0.1) is 12.8 Å². The van der Waals surface area contributed by atoms with Crippen LogP contribution in [-0.2, 0) is 11.2 Å². The molecule has 1 fully saturated rings. The number of hydrogen-bond acceptors (Lipinski definition) is 3. The largest absolute Gasteiger partial charge is 0.386 e. The van der Waals surface area contributed by atoms with Crippen molar-refractivity contribution in [3.8, 4) is 0 Å². The average Bonchev–Trinajstić information content (AvgIpc) is 3.03. The van der Waals surface area contributed by atoms with Crippen molar-refractivity contribution in [2.75, 3.05) is 19.8 Å². The Kier molecular flexibility index (Phi) is 4.10. The van der Waals surface area contributed by atoms with Crippen molar-refractivity contribution in [2.24, 2.45) is 5.92 Å². The Balaban J connectivity index is 1.61. The number of aliphatic hydroxyl groups is 1. The molecular formula is C17H24N2O3. The minimum Gasteiger partial charge on any atom is -0.386 e. The maximum absolute atomic E-state index is 12.2. The van der Waals surface area contributed by atoms with Crippen molar-refractivity contribution in [3.05, 3.63) is 34.9 Å². The Bertz CT molecular complexity index is 567. The van der Waals surface area contributed by atoms with Gasteiger partial charge in [0.2, 0.25) is 0 Å². The Morgan fingerprint density at radius 1 is 1.50 bits per heavy atom. The number of fused-ring (bicyclic) bond motifs is 1. The van der Waals surface area contributed by atoms with E-state index >= 15 is 0 Å². The molecule has 0 radical (unpaired) electrons. The Morgan fingerprint density at radius 3 is 3.05 bits per heavy atom. The molecule has 0 bridgehead atoms. The van der Waals surface area contributed by atoms with Crippen LogP contribution < -0.4 is 10.6 Å². The van der Waals surface area contributed by atoms with Gasteiger partial charge in [-0.25, -0.2) is 4.79 Å². The summed E-state index contributed by atoms with van der Waals surface area (Å²) in [4.78, 5) is 12.2. The minimum absolute atomic E-state index is 0.0318. The molecule has 3 N–H and O–H groups in total. The van der Waals surface area contributed by atoms with E-state index in [4.69, 9.17) is 4.74 Å². The molecule has 0 aromatic heterocycles. The molecule has 1 aliphatic heterocycles. The predicted octanol–water partition coefficient (Wildman–Crippen LogP) is 1.68. The first-order valence-electron chi connectivity index (χ1n) is 7.91. The number of rotatable bonds is 3. The number of ether oxygens (including phenoxy) is 1. The highest BCUT2D eigenvalue weighted by molar-refractivity contribution is 5.74. The molecule has 1 saturated heterocycles. The van der Waals surface area contributed by atoms with Crippen LogP contribution in [0.5, 0.6) is 0 Å². The molecule has 0 spiro atoms. The third-order valence-corrected chi connectivity index (χ3v) is 4.69. The SMILES string of the molecule is Cc1ccc2c(c1)C(NC(=O)NCC1(O)CCOC1)C(C)C2. The number of aryl methyl sites for hydroxylation is 1. The van der Waals surface area contributed by atoms with Gasteiger partial charge in [-0.2, -0.15) is 0 Å². The molecular weight excluding hydrogens is 280 g/mol. The number of amides is 2. The maximum atomic E-state index is 12.2. The summed E-state index contributed by atoms with van der Waals surface area (Å²) in [7, 11) is 0. The standard InChI is InChI=1S/C17H24N2O3/c1-11-3-4-13-8-12(2)15(14(13)7-11)19-16(20)18-9-17(21)5-6-22-10-17/h3-4,7,12,15,21H,5-6,8-10H2,1-2H3,(H2,18,19,20). The Morgan fingerprint density at radius 2 is 2.32 bits per heavy atom. The van der Waals surface area contributed by atoms with Crippen LogP contribution in [0.3, 0.4) is 0 Å². The number of carbonyl (C=O) groups excluding carboxylic acids is 1. The second kappa shape index (κ2) is 5.89. The van der Waals surface area contributed by atoms with Crippen LogP contribution >= 0.6 is 0 Å². The fourth-order valence-electron chi connectivity index (χ4n) is 3.35. The molecule has 5 heteroatoms. The molecule has 2 aliphatic rings. The smallest absolute Gasteiger partial charge is 0.315 e. The van der Waals surface area contributed by atoms with E-state index < -0.39 is 5.60 Å². The predicted molar refractivity (Wildman–Crippen MR) is 83.7 cm³/mol. The third kappa shape index (κ3) is 3.10. The van der Waals surface area contributed by atoms with Crippen LogP contribution in [0.15, 0.2) is 18.2 Å². The second-order valence-corrected chi connectivity index (χ2v) is 6.72. The molecule has 1 aromatic rings. The fraction of sp³-hybridized carbons (Fsp3) is 0.588. The topological polar surface area (TPSA) is 70.6 Å². The van der Waals surface area contributed by atoms with E-state index in [1.807, 2.05) is 0 Å². The van der Waals surface area contributed by atoms with E-state index in [0.29, 0.717) is 18.9 Å². The van der Waals surface area contributed by atoms with Crippen molar-refractivity contribution in [1.29, 1.82) is 0 Å². The third-order valence-electron chi connectivity index (χ3n) is 4.69. The highest BCUT2D eigenvalue weighted by Crippen LogP contribution is 2.36. The molecule has 3 unspecified atom stereocenters. The van der Waals surface area contributed by atoms with E-state index in [2.05, 4.69) is 42.7 Å². The van der Waals surface area contributed by atoms with Gasteiger partial charge in [0.25, 0.3) is 0 Å². The summed E-state index contributed by atoms with van der Waals surface area (Å²) < 4.78 is 5.18. The van der Waals surface area contributed by atoms with Crippen LogP contribution in [-0.4, -0.2) is 36.5 Å². The van der Waals surface area contributed by atoms with Gasteiger partial charge in [0.1, 0.15) is 5.60 Å². The Labute approximate surface area is 131 Å². The summed E-state index contributed by atoms with van der Waals surface area (Å²) in [5.41, 5.74) is 2.81. The summed E-state index contributed by atoms with van der Waals surface area (Å²) in [6.45, 7) is 5.27. The van der Waals surface area contributed by atoms with E-state index in [-0.39, 0.29) is 25.2 Å². The van der Waals surface area contributed by atoms with Gasteiger partial charge < -0.3 is 20.5 Å². The first-order valence-corrected chi connectivity index (χ1v) is 7.91. The van der Waals surface area contributed by atoms with Crippen molar-refractivity contribution < 1.29 is 14.6 Å². The lowest BCUT2D eigenvalue weighted by molar-refractivity contribution is 0.0290. The zero-order chi connectivity index (χ0) is 15.7. The monoisotopic (exact) mass is 304 g/mol. The van der Waals surface area contributed by atoms with E-state index in [0.717, 1.165) is 6.42 Å². The van der Waals surface area contributed by atoms with Gasteiger partial charge in [0.05, 0.1) is 19.2 Å². The van der Waals surface area contributed by atoms with Crippen LogP contribution in [0.2, 0.25) is 0 Å². The highest BCUT2D eigenvalue weighted by Gasteiger charge is 2.34. The molecule has 120 valence electrons. The van der Waals surface area contributed by atoms with Gasteiger partial charge >= 0.3 is 6.03 Å². The number of urea groups is 1. The number of nitrogens with one attached hydrogen (secondary N) is 2. The maximum Gasteiger partial charge on any atom is 0.315 e. The minimum atomic E-state index is -0.923. The zero-order valence-corrected chi connectivity index (χ0v) is 13.2. The van der Waals surface area contributed by atoms with Gasteiger partial charge in [0, 0.05) is 13.0 Å². The Hall–Kier alpha value is -1.59. The summed E-state index contributed by atoms with van der Waals surface area (Å²) in [5, 5.41) is 16.0. The molecule has 1 heterocycles. The normalized spacial score (nSPS) is 30.1. The zero-order valence-electron chi connectivity index (χ0n) is 13.2. The lowest BCUT2D eigenvalue weighted by atomic mass is 10.0. The van der Waals surface area contributed by atoms with Crippen LogP contribution in [0.25, 0.3) is 0 Å². The van der Waals surface area contributed by atoms with Gasteiger partial charge in [-0.15, -0.1) is 0 Å². The first kappa shape index (κ1) is 15.3. The van der Waals surface area contributed by atoms with Gasteiger partial charge in [-0.05, 0) is 30.4 Å². The summed E-state index contributed by atoms with van der Waals surface area (Å²) in [5.74, 6) is 0.375. The number of carbonyl (C=O) groups is 1. The quantitative estimate of drug-likeness (QED) is 0.795. The van der Waals surface area contributed by atoms with Gasteiger partial charge in [-0.3, -0.25) is 0 Å². The van der Waals surface area contributed by atoms with Gasteiger partial charge in [-0.1, -0.05) is 30.7 Å². The summed E-state index contributed by atoms with van der Waals surface area (Å²) in [6.07, 6.45) is 1.55. The molecule has 3 atom stereocenters. The van der Waals surface area contributed by atoms with Crippen LogP contribution in [0.4, 0.5) is 4.79 Å². The van der Waals surface area contributed by atoms with Crippen LogP contribution in [0.1, 0.15) is 36.1 Å². The van der Waals surface area contributed by atoms with Crippen molar-refractivity contribution >= 4 is 6.03 Å². The molecule has 5 nitrogen and oxygen atoms in total. The average molecular weight is 304 g/mol. The second-order valence-electron chi connectivity index (χ2n) is 6.72. The molecule has 3 rings (SSSR count). The summed E-state index contributed by atoms with van der Waals surface area (Å²) in [6, 6.07) is 6.22. The van der Waals surface area contributed by atoms with Crippen molar-refractivity contribution in [1.82, 2.24) is 10.6 Å². The summed E-state index contributed by atoms with van der Waals surface area (Å²) >= 11 is 0. The van der Waals surface area contributed by atoms with Crippen molar-refractivity contribution in [2.45, 2.75) is 38.3 Å². The molecule has 2 amide bonds. The first-order chi connectivity index (χ1) is 10.5. The molecule has 1 aliphatic carbocycles. The highest BCUT2D eigenvalue weighted by atomic mass is 16.5. The lowest BCUT2D eigenvalue weighted by Crippen LogP contribution is -2.47. The molecule has 1 aromatic carbocycles. The number of benzene rings is 1. The van der Waals surface area contributed by atoms with E-state index in [9.17, 15) is 9.90 Å².